The number of rotatable bonds is 4. The molecule has 1 aromatic carbocycles. The van der Waals surface area contributed by atoms with E-state index >= 15 is 0 Å². The number of carbonyl (C=O) groups excluding carboxylic acids is 2. The van der Waals surface area contributed by atoms with E-state index in [2.05, 4.69) is 30.3 Å². The predicted octanol–water partition coefficient (Wildman–Crippen LogP) is 3.85. The Kier molecular flexibility index (Phi) is 6.63. The van der Waals surface area contributed by atoms with Crippen LogP contribution in [-0.4, -0.2) is 60.2 Å². The maximum absolute atomic E-state index is 12.2. The third-order valence-electron chi connectivity index (χ3n) is 5.31. The average molecular weight is 401 g/mol. The van der Waals surface area contributed by atoms with Crippen LogP contribution in [0.15, 0.2) is 29.8 Å². The van der Waals surface area contributed by atoms with Gasteiger partial charge in [0.15, 0.2) is 0 Å². The number of benzene rings is 1. The summed E-state index contributed by atoms with van der Waals surface area (Å²) in [5, 5.41) is 0. The second kappa shape index (κ2) is 8.99. The van der Waals surface area contributed by atoms with Crippen LogP contribution in [0.2, 0.25) is 0 Å². The quantitative estimate of drug-likeness (QED) is 0.770. The summed E-state index contributed by atoms with van der Waals surface area (Å²) in [6.45, 7) is 8.42. The fourth-order valence-electron chi connectivity index (χ4n) is 3.71. The van der Waals surface area contributed by atoms with E-state index in [4.69, 9.17) is 9.47 Å². The molecule has 3 rings (SSSR count). The van der Waals surface area contributed by atoms with E-state index in [1.54, 1.807) is 12.0 Å². The first-order chi connectivity index (χ1) is 13.7. The second-order valence-electron chi connectivity index (χ2n) is 8.78. The lowest BCUT2D eigenvalue weighted by Crippen LogP contribution is -2.40. The molecule has 158 valence electrons. The molecule has 6 nitrogen and oxygen atoms in total. The van der Waals surface area contributed by atoms with Crippen molar-refractivity contribution in [3.05, 3.63) is 41.0 Å². The summed E-state index contributed by atoms with van der Waals surface area (Å²) in [4.78, 5) is 28.0. The van der Waals surface area contributed by atoms with Gasteiger partial charge in [-0.25, -0.2) is 4.79 Å². The second-order valence-corrected chi connectivity index (χ2v) is 8.78. The third kappa shape index (κ3) is 5.82. The third-order valence-corrected chi connectivity index (χ3v) is 5.31. The number of hydrogen-bond acceptors (Lipinski definition) is 4. The molecule has 2 aliphatic heterocycles. The van der Waals surface area contributed by atoms with Crippen LogP contribution >= 0.6 is 0 Å². The lowest BCUT2D eigenvalue weighted by Gasteiger charge is -2.31. The molecule has 0 aliphatic carbocycles. The summed E-state index contributed by atoms with van der Waals surface area (Å²) < 4.78 is 10.7. The highest BCUT2D eigenvalue weighted by Gasteiger charge is 2.31. The Morgan fingerprint density at radius 1 is 1.14 bits per heavy atom. The van der Waals surface area contributed by atoms with Gasteiger partial charge >= 0.3 is 6.09 Å². The van der Waals surface area contributed by atoms with Crippen LogP contribution in [0.5, 0.6) is 0 Å². The number of hydrogen-bond donors (Lipinski definition) is 0. The highest BCUT2D eigenvalue weighted by molar-refractivity contribution is 5.83. The molecule has 0 radical (unpaired) electrons. The molecule has 2 saturated heterocycles. The molecule has 29 heavy (non-hydrogen) atoms. The lowest BCUT2D eigenvalue weighted by molar-refractivity contribution is -0.136. The molecule has 0 aromatic heterocycles. The maximum Gasteiger partial charge on any atom is 0.410 e. The molecular formula is C23H32N2O4. The predicted molar refractivity (Wildman–Crippen MR) is 112 cm³/mol. The van der Waals surface area contributed by atoms with Gasteiger partial charge in [-0.05, 0) is 44.7 Å². The van der Waals surface area contributed by atoms with Gasteiger partial charge < -0.3 is 19.3 Å². The van der Waals surface area contributed by atoms with Gasteiger partial charge in [0.2, 0.25) is 0 Å². The minimum Gasteiger partial charge on any atom is -0.444 e. The van der Waals surface area contributed by atoms with E-state index in [0.29, 0.717) is 19.6 Å². The van der Waals surface area contributed by atoms with Gasteiger partial charge in [-0.1, -0.05) is 35.9 Å². The van der Waals surface area contributed by atoms with Crippen molar-refractivity contribution in [1.29, 1.82) is 0 Å². The van der Waals surface area contributed by atoms with Gasteiger partial charge in [0.05, 0.1) is 0 Å². The number of amides is 2. The summed E-state index contributed by atoms with van der Waals surface area (Å²) in [5.74, 6) is 0.0791. The van der Waals surface area contributed by atoms with Gasteiger partial charge in [0, 0.05) is 39.7 Å². The standard InChI is InChI=1S/C23H32N2O4/c1-23(2,3)29-22(27)24-12-9-18(10-13-24)15-17-5-7-19(8-6-17)16-25-14-11-20(28-4)21(25)26/h5-8,15,20H,9-14,16H2,1-4H3. The van der Waals surface area contributed by atoms with Crippen molar-refractivity contribution in [3.63, 3.8) is 0 Å². The maximum atomic E-state index is 12.2. The fraction of sp³-hybridized carbons (Fsp3) is 0.565. The van der Waals surface area contributed by atoms with Crippen molar-refractivity contribution in [2.45, 2.75) is 58.3 Å². The van der Waals surface area contributed by atoms with Gasteiger partial charge in [0.25, 0.3) is 5.91 Å². The summed E-state index contributed by atoms with van der Waals surface area (Å²) in [6.07, 6.45) is 4.18. The molecule has 0 bridgehead atoms. The average Bonchev–Trinajstić information content (AvgIpc) is 3.02. The number of carbonyl (C=O) groups is 2. The van der Waals surface area contributed by atoms with Gasteiger partial charge in [-0.2, -0.15) is 0 Å². The Labute approximate surface area is 173 Å². The van der Waals surface area contributed by atoms with Crippen LogP contribution < -0.4 is 0 Å². The summed E-state index contributed by atoms with van der Waals surface area (Å²) in [7, 11) is 1.59. The number of nitrogens with zero attached hydrogens (tertiary/aromatic N) is 2. The van der Waals surface area contributed by atoms with Crippen molar-refractivity contribution < 1.29 is 19.1 Å². The molecule has 6 heteroatoms. The minimum atomic E-state index is -0.459. The molecule has 0 N–H and O–H groups in total. The van der Waals surface area contributed by atoms with Crippen LogP contribution in [-0.2, 0) is 20.8 Å². The largest absolute Gasteiger partial charge is 0.444 e. The zero-order chi connectivity index (χ0) is 21.0. The molecule has 0 spiro atoms. The van der Waals surface area contributed by atoms with Crippen LogP contribution in [0, 0.1) is 0 Å². The number of ether oxygens (including phenoxy) is 2. The number of piperidine rings is 1. The molecule has 2 aliphatic rings. The molecule has 1 unspecified atom stereocenters. The van der Waals surface area contributed by atoms with Gasteiger partial charge in [-0.15, -0.1) is 0 Å². The van der Waals surface area contributed by atoms with E-state index in [1.807, 2.05) is 25.7 Å². The first-order valence-electron chi connectivity index (χ1n) is 10.3. The van der Waals surface area contributed by atoms with Crippen LogP contribution in [0.3, 0.4) is 0 Å². The highest BCUT2D eigenvalue weighted by atomic mass is 16.6. The molecule has 2 amide bonds. The van der Waals surface area contributed by atoms with Crippen molar-refractivity contribution in [3.8, 4) is 0 Å². The Bertz CT molecular complexity index is 754. The Hall–Kier alpha value is -2.34. The first kappa shape index (κ1) is 21.4. The van der Waals surface area contributed by atoms with Crippen molar-refractivity contribution in [2.75, 3.05) is 26.7 Å². The van der Waals surface area contributed by atoms with Crippen LogP contribution in [0.25, 0.3) is 6.08 Å². The smallest absolute Gasteiger partial charge is 0.410 e. The molecule has 1 atom stereocenters. The number of methoxy groups -OCH3 is 1. The molecule has 1 aromatic rings. The summed E-state index contributed by atoms with van der Waals surface area (Å²) in [6, 6.07) is 8.35. The summed E-state index contributed by atoms with van der Waals surface area (Å²) >= 11 is 0. The number of likely N-dealkylation sites (tertiary alicyclic amines) is 2. The Balaban J connectivity index is 1.52. The van der Waals surface area contributed by atoms with E-state index in [1.165, 1.54) is 5.57 Å². The van der Waals surface area contributed by atoms with E-state index in [9.17, 15) is 9.59 Å². The summed E-state index contributed by atoms with van der Waals surface area (Å²) in [5.41, 5.74) is 3.16. The lowest BCUT2D eigenvalue weighted by atomic mass is 10.0. The van der Waals surface area contributed by atoms with Gasteiger partial charge in [-0.3, -0.25) is 4.79 Å². The van der Waals surface area contributed by atoms with Gasteiger partial charge in [0.1, 0.15) is 11.7 Å². The van der Waals surface area contributed by atoms with Crippen molar-refractivity contribution in [2.24, 2.45) is 0 Å². The molecule has 0 saturated carbocycles. The van der Waals surface area contributed by atoms with Crippen LogP contribution in [0.4, 0.5) is 4.79 Å². The SMILES string of the molecule is COC1CCN(Cc2ccc(C=C3CCN(C(=O)OC(C)(C)C)CC3)cc2)C1=O. The van der Waals surface area contributed by atoms with E-state index in [-0.39, 0.29) is 18.1 Å². The fourth-order valence-corrected chi connectivity index (χ4v) is 3.71. The monoisotopic (exact) mass is 400 g/mol. The Morgan fingerprint density at radius 2 is 1.79 bits per heavy atom. The molecule has 2 heterocycles. The van der Waals surface area contributed by atoms with E-state index < -0.39 is 5.60 Å². The minimum absolute atomic E-state index is 0.0791. The van der Waals surface area contributed by atoms with Crippen molar-refractivity contribution >= 4 is 18.1 Å². The highest BCUT2D eigenvalue weighted by Crippen LogP contribution is 2.22. The van der Waals surface area contributed by atoms with E-state index in [0.717, 1.165) is 36.9 Å². The zero-order valence-electron chi connectivity index (χ0n) is 17.9. The molecule has 2 fully saturated rings. The topological polar surface area (TPSA) is 59.1 Å². The van der Waals surface area contributed by atoms with Crippen molar-refractivity contribution in [1.82, 2.24) is 9.80 Å². The zero-order valence-corrected chi connectivity index (χ0v) is 17.9. The normalized spacial score (nSPS) is 20.2. The molecular weight excluding hydrogens is 368 g/mol. The van der Waals surface area contributed by atoms with Crippen LogP contribution in [0.1, 0.15) is 51.2 Å². The Morgan fingerprint density at radius 3 is 2.34 bits per heavy atom. The first-order valence-corrected chi connectivity index (χ1v) is 10.3.